The Morgan fingerprint density at radius 2 is 2.06 bits per heavy atom. The molecule has 1 saturated carbocycles. The molecule has 0 aromatic heterocycles. The summed E-state index contributed by atoms with van der Waals surface area (Å²) in [5.74, 6) is 0.458. The summed E-state index contributed by atoms with van der Waals surface area (Å²) in [5, 5.41) is 6.85. The van der Waals surface area contributed by atoms with E-state index in [-0.39, 0.29) is 17.2 Å². The summed E-state index contributed by atoms with van der Waals surface area (Å²) in [5.41, 5.74) is 0.905. The first-order valence-corrected chi connectivity index (χ1v) is 5.87. The van der Waals surface area contributed by atoms with Crippen molar-refractivity contribution in [1.82, 2.24) is 10.6 Å². The zero-order valence-electron chi connectivity index (χ0n) is 9.20. The van der Waals surface area contributed by atoms with Gasteiger partial charge in [0.05, 0.1) is 0 Å². The van der Waals surface area contributed by atoms with E-state index in [0.717, 1.165) is 31.6 Å². The van der Waals surface area contributed by atoms with Gasteiger partial charge >= 0.3 is 0 Å². The summed E-state index contributed by atoms with van der Waals surface area (Å²) in [6.45, 7) is 2.91. The molecule has 1 saturated heterocycles. The second-order valence-corrected chi connectivity index (χ2v) is 4.75. The topological polar surface area (TPSA) is 41.1 Å². The molecule has 84 valence electrons. The smallest absolute Gasteiger partial charge is 0.167 e. The lowest BCUT2D eigenvalue weighted by molar-refractivity contribution is 0.0952. The van der Waals surface area contributed by atoms with Crippen molar-refractivity contribution >= 4 is 5.78 Å². The standard InChI is InChI=1S/C13H16N2O/c16-12(10-4-2-1-3-5-10)11-8-13(11)9-14-6-7-15-13/h1-5,11,14-15H,6-9H2. The molecular formula is C13H16N2O. The number of ketones is 1. The van der Waals surface area contributed by atoms with Crippen LogP contribution in [0.3, 0.4) is 0 Å². The van der Waals surface area contributed by atoms with Gasteiger partial charge in [-0.2, -0.15) is 0 Å². The van der Waals surface area contributed by atoms with E-state index >= 15 is 0 Å². The van der Waals surface area contributed by atoms with Crippen molar-refractivity contribution in [2.75, 3.05) is 19.6 Å². The van der Waals surface area contributed by atoms with Gasteiger partial charge in [0.2, 0.25) is 0 Å². The summed E-state index contributed by atoms with van der Waals surface area (Å²) in [6, 6.07) is 9.61. The Balaban J connectivity index is 1.74. The molecule has 2 fully saturated rings. The molecule has 2 N–H and O–H groups in total. The summed E-state index contributed by atoms with van der Waals surface area (Å²) in [6.07, 6.45) is 0.980. The largest absolute Gasteiger partial charge is 0.314 e. The average Bonchev–Trinajstić information content (AvgIpc) is 3.04. The molecule has 16 heavy (non-hydrogen) atoms. The van der Waals surface area contributed by atoms with Gasteiger partial charge < -0.3 is 10.6 Å². The van der Waals surface area contributed by atoms with E-state index in [1.165, 1.54) is 0 Å². The Morgan fingerprint density at radius 3 is 2.75 bits per heavy atom. The highest BCUT2D eigenvalue weighted by molar-refractivity contribution is 6.00. The van der Waals surface area contributed by atoms with Gasteiger partial charge in [-0.25, -0.2) is 0 Å². The monoisotopic (exact) mass is 216 g/mol. The second kappa shape index (κ2) is 3.68. The Hall–Kier alpha value is -1.19. The molecule has 1 aromatic carbocycles. The van der Waals surface area contributed by atoms with Crippen molar-refractivity contribution < 1.29 is 4.79 Å². The Bertz CT molecular complexity index is 396. The van der Waals surface area contributed by atoms with Gasteiger partial charge in [0, 0.05) is 36.7 Å². The first-order valence-electron chi connectivity index (χ1n) is 5.87. The van der Waals surface area contributed by atoms with Crippen LogP contribution in [0.15, 0.2) is 30.3 Å². The van der Waals surface area contributed by atoms with E-state index in [9.17, 15) is 4.79 Å². The van der Waals surface area contributed by atoms with Crippen LogP contribution in [0.5, 0.6) is 0 Å². The van der Waals surface area contributed by atoms with E-state index in [4.69, 9.17) is 0 Å². The Labute approximate surface area is 95.2 Å². The highest BCUT2D eigenvalue weighted by Gasteiger charge is 2.58. The van der Waals surface area contributed by atoms with E-state index in [1.54, 1.807) is 0 Å². The lowest BCUT2D eigenvalue weighted by Crippen LogP contribution is -2.52. The number of carbonyl (C=O) groups is 1. The molecule has 2 atom stereocenters. The molecular weight excluding hydrogens is 200 g/mol. The third-order valence-electron chi connectivity index (χ3n) is 3.67. The van der Waals surface area contributed by atoms with Crippen molar-refractivity contribution in [1.29, 1.82) is 0 Å². The zero-order valence-corrected chi connectivity index (χ0v) is 9.20. The fourth-order valence-electron chi connectivity index (χ4n) is 2.62. The van der Waals surface area contributed by atoms with E-state index in [1.807, 2.05) is 30.3 Å². The van der Waals surface area contributed by atoms with Gasteiger partial charge in [-0.3, -0.25) is 4.79 Å². The van der Waals surface area contributed by atoms with Crippen molar-refractivity contribution in [3.05, 3.63) is 35.9 Å². The van der Waals surface area contributed by atoms with Crippen LogP contribution in [0.4, 0.5) is 0 Å². The van der Waals surface area contributed by atoms with E-state index < -0.39 is 0 Å². The van der Waals surface area contributed by atoms with Crippen molar-refractivity contribution in [2.24, 2.45) is 5.92 Å². The number of hydrogen-bond acceptors (Lipinski definition) is 3. The average molecular weight is 216 g/mol. The van der Waals surface area contributed by atoms with Gasteiger partial charge in [0.1, 0.15) is 0 Å². The molecule has 0 amide bonds. The van der Waals surface area contributed by atoms with Gasteiger partial charge in [-0.1, -0.05) is 30.3 Å². The highest BCUT2D eigenvalue weighted by atomic mass is 16.1. The maximum Gasteiger partial charge on any atom is 0.167 e. The van der Waals surface area contributed by atoms with Crippen LogP contribution in [0.25, 0.3) is 0 Å². The normalized spacial score (nSPS) is 32.6. The lowest BCUT2D eigenvalue weighted by Gasteiger charge is -2.25. The maximum absolute atomic E-state index is 12.2. The predicted octanol–water partition coefficient (Wildman–Crippen LogP) is 0.821. The molecule has 3 nitrogen and oxygen atoms in total. The minimum absolute atomic E-state index is 0.0607. The van der Waals surface area contributed by atoms with Crippen molar-refractivity contribution in [3.63, 3.8) is 0 Å². The fourth-order valence-corrected chi connectivity index (χ4v) is 2.62. The van der Waals surface area contributed by atoms with Crippen LogP contribution in [0, 0.1) is 5.92 Å². The summed E-state index contributed by atoms with van der Waals surface area (Å²) in [4.78, 5) is 12.2. The number of nitrogens with one attached hydrogen (secondary N) is 2. The molecule has 1 aliphatic heterocycles. The summed E-state index contributed by atoms with van der Waals surface area (Å²) >= 11 is 0. The zero-order chi connectivity index (χ0) is 11.0. The number of Topliss-reactive ketones (excluding diaryl/α,β-unsaturated/α-hetero) is 1. The molecule has 0 radical (unpaired) electrons. The first-order chi connectivity index (χ1) is 7.82. The molecule has 3 heteroatoms. The molecule has 1 aliphatic carbocycles. The number of benzene rings is 1. The Kier molecular flexibility index (Phi) is 2.30. The van der Waals surface area contributed by atoms with Crippen LogP contribution in [0.1, 0.15) is 16.8 Å². The molecule has 1 spiro atoms. The van der Waals surface area contributed by atoms with Gasteiger partial charge in [0.25, 0.3) is 0 Å². The minimum atomic E-state index is 0.0607. The number of piperazine rings is 1. The molecule has 3 rings (SSSR count). The van der Waals surface area contributed by atoms with Crippen LogP contribution in [-0.2, 0) is 0 Å². The first kappa shape index (κ1) is 10.00. The van der Waals surface area contributed by atoms with Gasteiger partial charge in [0.15, 0.2) is 5.78 Å². The number of carbonyl (C=O) groups excluding carboxylic acids is 1. The molecule has 2 unspecified atom stereocenters. The number of hydrogen-bond donors (Lipinski definition) is 2. The quantitative estimate of drug-likeness (QED) is 0.719. The van der Waals surface area contributed by atoms with E-state index in [0.29, 0.717) is 0 Å². The summed E-state index contributed by atoms with van der Waals surface area (Å²) in [7, 11) is 0. The lowest BCUT2D eigenvalue weighted by atomic mass is 10.0. The number of rotatable bonds is 2. The van der Waals surface area contributed by atoms with Crippen LogP contribution < -0.4 is 10.6 Å². The van der Waals surface area contributed by atoms with Crippen LogP contribution in [0.2, 0.25) is 0 Å². The molecule has 1 heterocycles. The van der Waals surface area contributed by atoms with Gasteiger partial charge in [-0.15, -0.1) is 0 Å². The minimum Gasteiger partial charge on any atom is -0.314 e. The fraction of sp³-hybridized carbons (Fsp3) is 0.462. The van der Waals surface area contributed by atoms with Crippen LogP contribution in [-0.4, -0.2) is 31.0 Å². The SMILES string of the molecule is O=C(c1ccccc1)C1CC12CNCCN2. The van der Waals surface area contributed by atoms with Crippen LogP contribution >= 0.6 is 0 Å². The molecule has 0 bridgehead atoms. The molecule has 2 aliphatic rings. The van der Waals surface area contributed by atoms with Crippen molar-refractivity contribution in [2.45, 2.75) is 12.0 Å². The maximum atomic E-state index is 12.2. The third kappa shape index (κ3) is 1.56. The molecule has 1 aromatic rings. The predicted molar refractivity (Wildman–Crippen MR) is 62.5 cm³/mol. The highest BCUT2D eigenvalue weighted by Crippen LogP contribution is 2.45. The Morgan fingerprint density at radius 1 is 1.25 bits per heavy atom. The summed E-state index contributed by atoms with van der Waals surface area (Å²) < 4.78 is 0. The third-order valence-corrected chi connectivity index (χ3v) is 3.67. The van der Waals surface area contributed by atoms with Crippen molar-refractivity contribution in [3.8, 4) is 0 Å². The van der Waals surface area contributed by atoms with E-state index in [2.05, 4.69) is 10.6 Å². The van der Waals surface area contributed by atoms with Gasteiger partial charge in [-0.05, 0) is 6.42 Å². The second-order valence-electron chi connectivity index (χ2n) is 4.75.